The van der Waals surface area contributed by atoms with Gasteiger partial charge in [0.05, 0.1) is 21.2 Å². The molecule has 0 spiro atoms. The van der Waals surface area contributed by atoms with Gasteiger partial charge in [0.15, 0.2) is 0 Å². The minimum Gasteiger partial charge on any atom is -0.481 e. The van der Waals surface area contributed by atoms with Gasteiger partial charge in [-0.05, 0) is 24.5 Å². The molecule has 1 atom stereocenters. The predicted molar refractivity (Wildman–Crippen MR) is 90.4 cm³/mol. The molecule has 0 saturated heterocycles. The Balaban J connectivity index is 2.29. The Bertz CT molecular complexity index is 817. The second-order valence-corrected chi connectivity index (χ2v) is 8.59. The number of nitrogens with zero attached hydrogens (tertiary/aromatic N) is 1. The van der Waals surface area contributed by atoms with Gasteiger partial charge >= 0.3 is 5.97 Å². The first-order valence-electron chi connectivity index (χ1n) is 6.96. The summed E-state index contributed by atoms with van der Waals surface area (Å²) in [6.07, 6.45) is 0.381. The molecule has 2 aromatic rings. The summed E-state index contributed by atoms with van der Waals surface area (Å²) in [5.74, 6) is -1.68. The molecule has 1 heterocycles. The number of hydrogen-bond acceptors (Lipinski definition) is 5. The van der Waals surface area contributed by atoms with Gasteiger partial charge in [-0.3, -0.25) is 4.79 Å². The molecule has 0 aliphatic rings. The molecule has 1 aromatic heterocycles. The van der Waals surface area contributed by atoms with E-state index in [0.717, 1.165) is 0 Å². The van der Waals surface area contributed by atoms with Crippen molar-refractivity contribution >= 4 is 49.1 Å². The Morgan fingerprint density at radius 2 is 2.13 bits per heavy atom. The molecule has 9 heteroatoms. The average molecular weight is 377 g/mol. The van der Waals surface area contributed by atoms with Gasteiger partial charge in [0, 0.05) is 6.54 Å². The van der Waals surface area contributed by atoms with Gasteiger partial charge in [0.1, 0.15) is 10.4 Å². The highest BCUT2D eigenvalue weighted by atomic mass is 35.5. The van der Waals surface area contributed by atoms with Gasteiger partial charge < -0.3 is 5.11 Å². The van der Waals surface area contributed by atoms with E-state index in [-0.39, 0.29) is 22.4 Å². The van der Waals surface area contributed by atoms with Crippen molar-refractivity contribution in [1.29, 1.82) is 0 Å². The van der Waals surface area contributed by atoms with Gasteiger partial charge in [0.25, 0.3) is 0 Å². The molecule has 1 aromatic carbocycles. The van der Waals surface area contributed by atoms with Crippen LogP contribution >= 0.6 is 22.9 Å². The molecule has 0 aliphatic heterocycles. The van der Waals surface area contributed by atoms with Crippen LogP contribution in [0.5, 0.6) is 0 Å². The summed E-state index contributed by atoms with van der Waals surface area (Å²) in [6, 6.07) is 3.20. The SMILES string of the molecule is CC(C)CC(CNS(=O)(=O)c1c(Cl)ccc2scnc12)C(=O)O. The fourth-order valence-corrected chi connectivity index (χ4v) is 4.77. The Hall–Kier alpha value is -1.22. The molecule has 0 bridgehead atoms. The highest BCUT2D eigenvalue weighted by Gasteiger charge is 2.26. The van der Waals surface area contributed by atoms with Crippen LogP contribution in [0, 0.1) is 11.8 Å². The summed E-state index contributed by atoms with van der Waals surface area (Å²) in [4.78, 5) is 15.2. The highest BCUT2D eigenvalue weighted by molar-refractivity contribution is 7.89. The molecule has 1 unspecified atom stereocenters. The van der Waals surface area contributed by atoms with Gasteiger partial charge in [0.2, 0.25) is 10.0 Å². The molecule has 0 radical (unpaired) electrons. The number of thiazole rings is 1. The lowest BCUT2D eigenvalue weighted by Gasteiger charge is -2.16. The molecule has 0 amide bonds. The summed E-state index contributed by atoms with van der Waals surface area (Å²) in [5.41, 5.74) is 1.84. The van der Waals surface area contributed by atoms with Crippen LogP contribution < -0.4 is 4.72 Å². The van der Waals surface area contributed by atoms with Crippen molar-refractivity contribution in [3.05, 3.63) is 22.7 Å². The molecule has 6 nitrogen and oxygen atoms in total. The Kier molecular flexibility index (Phi) is 5.61. The number of rotatable bonds is 7. The fraction of sp³-hybridized carbons (Fsp3) is 0.429. The predicted octanol–water partition coefficient (Wildman–Crippen LogP) is 2.97. The fourth-order valence-electron chi connectivity index (χ4n) is 2.26. The minimum absolute atomic E-state index is 0.0617. The summed E-state index contributed by atoms with van der Waals surface area (Å²) >= 11 is 7.34. The summed E-state index contributed by atoms with van der Waals surface area (Å²) < 4.78 is 28.2. The topological polar surface area (TPSA) is 96.4 Å². The third-order valence-electron chi connectivity index (χ3n) is 3.30. The maximum absolute atomic E-state index is 12.6. The molecule has 2 rings (SSSR count). The van der Waals surface area contributed by atoms with E-state index in [1.165, 1.54) is 17.4 Å². The zero-order chi connectivity index (χ0) is 17.2. The lowest BCUT2D eigenvalue weighted by molar-refractivity contribution is -0.142. The zero-order valence-electron chi connectivity index (χ0n) is 12.6. The van der Waals surface area contributed by atoms with Crippen molar-refractivity contribution in [2.24, 2.45) is 11.8 Å². The number of aliphatic carboxylic acids is 1. The smallest absolute Gasteiger partial charge is 0.307 e. The van der Waals surface area contributed by atoms with Crippen LogP contribution in [0.4, 0.5) is 0 Å². The molecule has 126 valence electrons. The third kappa shape index (κ3) is 4.20. The number of carbonyl (C=O) groups is 1. The molecule has 2 N–H and O–H groups in total. The van der Waals surface area contributed by atoms with Crippen LogP contribution in [-0.2, 0) is 14.8 Å². The monoisotopic (exact) mass is 376 g/mol. The summed E-state index contributed by atoms with van der Waals surface area (Å²) in [7, 11) is -3.95. The number of sulfonamides is 1. The van der Waals surface area contributed by atoms with Crippen LogP contribution in [0.25, 0.3) is 10.2 Å². The highest BCUT2D eigenvalue weighted by Crippen LogP contribution is 2.31. The van der Waals surface area contributed by atoms with E-state index in [1.807, 2.05) is 13.8 Å². The van der Waals surface area contributed by atoms with Crippen LogP contribution in [0.3, 0.4) is 0 Å². The number of carboxylic acids is 1. The van der Waals surface area contributed by atoms with Crippen molar-refractivity contribution in [2.45, 2.75) is 25.2 Å². The van der Waals surface area contributed by atoms with Gasteiger partial charge in [-0.15, -0.1) is 11.3 Å². The molecule has 23 heavy (non-hydrogen) atoms. The van der Waals surface area contributed by atoms with Gasteiger partial charge in [-0.1, -0.05) is 25.4 Å². The van der Waals surface area contributed by atoms with E-state index in [2.05, 4.69) is 9.71 Å². The average Bonchev–Trinajstić information content (AvgIpc) is 2.90. The van der Waals surface area contributed by atoms with E-state index in [1.54, 1.807) is 11.6 Å². The second-order valence-electron chi connectivity index (χ2n) is 5.59. The third-order valence-corrected chi connectivity index (χ3v) is 6.02. The van der Waals surface area contributed by atoms with E-state index < -0.39 is 21.9 Å². The maximum atomic E-state index is 12.6. The quantitative estimate of drug-likeness (QED) is 0.774. The maximum Gasteiger partial charge on any atom is 0.307 e. The standard InChI is InChI=1S/C14H17ClN2O4S2/c1-8(2)5-9(14(18)19)6-17-23(20,21)13-10(15)3-4-11-12(13)16-7-22-11/h3-4,7-9,17H,5-6H2,1-2H3,(H,18,19). The lowest BCUT2D eigenvalue weighted by Crippen LogP contribution is -2.34. The number of hydrogen-bond donors (Lipinski definition) is 2. The van der Waals surface area contributed by atoms with E-state index in [4.69, 9.17) is 11.6 Å². The van der Waals surface area contributed by atoms with Crippen LogP contribution in [0.15, 0.2) is 22.5 Å². The molecule has 0 aliphatic carbocycles. The molecule has 0 saturated carbocycles. The normalized spacial score (nSPS) is 13.6. The van der Waals surface area contributed by atoms with E-state index in [9.17, 15) is 18.3 Å². The minimum atomic E-state index is -3.95. The lowest BCUT2D eigenvalue weighted by atomic mass is 9.98. The first-order chi connectivity index (χ1) is 10.7. The van der Waals surface area contributed by atoms with Crippen LogP contribution in [-0.4, -0.2) is 31.0 Å². The van der Waals surface area contributed by atoms with Crippen LogP contribution in [0.1, 0.15) is 20.3 Å². The molecule has 0 fully saturated rings. The summed E-state index contributed by atoms with van der Waals surface area (Å²) in [5, 5.41) is 9.27. The van der Waals surface area contributed by atoms with Crippen molar-refractivity contribution in [3.63, 3.8) is 0 Å². The first kappa shape index (κ1) is 18.1. The molecular weight excluding hydrogens is 360 g/mol. The summed E-state index contributed by atoms with van der Waals surface area (Å²) in [6.45, 7) is 3.58. The number of nitrogens with one attached hydrogen (secondary N) is 1. The number of fused-ring (bicyclic) bond motifs is 1. The van der Waals surface area contributed by atoms with E-state index >= 15 is 0 Å². The van der Waals surface area contributed by atoms with E-state index in [0.29, 0.717) is 16.6 Å². The number of benzene rings is 1. The molecular formula is C14H17ClN2O4S2. The number of halogens is 1. The van der Waals surface area contributed by atoms with Crippen molar-refractivity contribution < 1.29 is 18.3 Å². The van der Waals surface area contributed by atoms with Crippen molar-refractivity contribution in [1.82, 2.24) is 9.71 Å². The van der Waals surface area contributed by atoms with Crippen molar-refractivity contribution in [3.8, 4) is 0 Å². The largest absolute Gasteiger partial charge is 0.481 e. The first-order valence-corrected chi connectivity index (χ1v) is 9.70. The van der Waals surface area contributed by atoms with Gasteiger partial charge in [-0.25, -0.2) is 18.1 Å². The zero-order valence-corrected chi connectivity index (χ0v) is 15.0. The Morgan fingerprint density at radius 3 is 2.74 bits per heavy atom. The van der Waals surface area contributed by atoms with Gasteiger partial charge in [-0.2, -0.15) is 0 Å². The van der Waals surface area contributed by atoms with Crippen molar-refractivity contribution in [2.75, 3.05) is 6.54 Å². The Morgan fingerprint density at radius 1 is 1.43 bits per heavy atom. The Labute approximate surface area is 143 Å². The van der Waals surface area contributed by atoms with Crippen LogP contribution in [0.2, 0.25) is 5.02 Å². The number of aromatic nitrogens is 1. The number of carboxylic acid groups (broad SMARTS) is 1. The second kappa shape index (κ2) is 7.12.